The van der Waals surface area contributed by atoms with Gasteiger partial charge in [-0.1, -0.05) is 42.5 Å². The van der Waals surface area contributed by atoms with E-state index in [1.54, 1.807) is 19.9 Å². The number of esters is 2. The summed E-state index contributed by atoms with van der Waals surface area (Å²) in [6, 6.07) is 9.66. The van der Waals surface area contributed by atoms with Crippen LogP contribution in [0.15, 0.2) is 48.6 Å². The normalized spacial score (nSPS) is 23.1. The standard InChI is InChI=1S/C18H20O5/c1-3-21-16(19)12-13-18(17(20)22-4-2)15(23-18)11-10-14-8-6-5-7-9-14/h5-13,15H,3-4H2,1-2H3/b11-10+,13-12+/t15-,18-/m1/s1. The second kappa shape index (κ2) is 7.74. The van der Waals surface area contributed by atoms with Gasteiger partial charge >= 0.3 is 11.9 Å². The molecule has 122 valence electrons. The van der Waals surface area contributed by atoms with Gasteiger partial charge in [0.1, 0.15) is 6.10 Å². The average Bonchev–Trinajstić information content (AvgIpc) is 3.27. The van der Waals surface area contributed by atoms with E-state index in [1.807, 2.05) is 36.4 Å². The first-order chi connectivity index (χ1) is 11.1. The summed E-state index contributed by atoms with van der Waals surface area (Å²) in [5, 5.41) is 0. The fraction of sp³-hybridized carbons (Fsp3) is 0.333. The number of benzene rings is 1. The zero-order valence-corrected chi connectivity index (χ0v) is 13.2. The molecule has 23 heavy (non-hydrogen) atoms. The van der Waals surface area contributed by atoms with Crippen molar-refractivity contribution in [1.82, 2.24) is 0 Å². The van der Waals surface area contributed by atoms with Crippen molar-refractivity contribution in [2.45, 2.75) is 25.6 Å². The first-order valence-electron chi connectivity index (χ1n) is 7.56. The SMILES string of the molecule is CCOC(=O)/C=C/[C@@]1(C(=O)OCC)O[C@@H]1/C=C/c1ccccc1. The van der Waals surface area contributed by atoms with Gasteiger partial charge < -0.3 is 14.2 Å². The molecular formula is C18H20O5. The fourth-order valence-corrected chi connectivity index (χ4v) is 2.11. The Morgan fingerprint density at radius 3 is 2.52 bits per heavy atom. The zero-order chi connectivity index (χ0) is 16.7. The van der Waals surface area contributed by atoms with Crippen LogP contribution in [-0.4, -0.2) is 36.9 Å². The molecule has 0 saturated carbocycles. The van der Waals surface area contributed by atoms with Gasteiger partial charge in [-0.05, 0) is 25.5 Å². The number of carbonyl (C=O) groups excluding carboxylic acids is 2. The highest BCUT2D eigenvalue weighted by Crippen LogP contribution is 2.40. The van der Waals surface area contributed by atoms with Crippen LogP contribution in [0.3, 0.4) is 0 Å². The van der Waals surface area contributed by atoms with Crippen LogP contribution in [0.2, 0.25) is 0 Å². The van der Waals surface area contributed by atoms with Crippen molar-refractivity contribution in [2.75, 3.05) is 13.2 Å². The highest BCUT2D eigenvalue weighted by molar-refractivity contribution is 5.90. The fourth-order valence-electron chi connectivity index (χ4n) is 2.11. The Labute approximate surface area is 135 Å². The van der Waals surface area contributed by atoms with Gasteiger partial charge in [-0.3, -0.25) is 0 Å². The van der Waals surface area contributed by atoms with Crippen LogP contribution in [0.1, 0.15) is 19.4 Å². The Balaban J connectivity index is 2.10. The molecule has 0 spiro atoms. The molecule has 1 aromatic rings. The summed E-state index contributed by atoms with van der Waals surface area (Å²) in [4.78, 5) is 23.6. The second-order valence-electron chi connectivity index (χ2n) is 4.91. The van der Waals surface area contributed by atoms with Gasteiger partial charge in [0.25, 0.3) is 0 Å². The lowest BCUT2D eigenvalue weighted by molar-refractivity contribution is -0.147. The Morgan fingerprint density at radius 1 is 1.17 bits per heavy atom. The van der Waals surface area contributed by atoms with E-state index < -0.39 is 23.6 Å². The first kappa shape index (κ1) is 17.0. The van der Waals surface area contributed by atoms with Crippen LogP contribution in [0.4, 0.5) is 0 Å². The van der Waals surface area contributed by atoms with Gasteiger partial charge in [-0.2, -0.15) is 0 Å². The van der Waals surface area contributed by atoms with Crippen molar-refractivity contribution < 1.29 is 23.8 Å². The summed E-state index contributed by atoms with van der Waals surface area (Å²) in [6.07, 6.45) is 5.79. The molecule has 0 N–H and O–H groups in total. The smallest absolute Gasteiger partial charge is 0.345 e. The third-order valence-electron chi connectivity index (χ3n) is 3.30. The average molecular weight is 316 g/mol. The van der Waals surface area contributed by atoms with E-state index in [4.69, 9.17) is 14.2 Å². The molecule has 5 nitrogen and oxygen atoms in total. The molecule has 1 saturated heterocycles. The lowest BCUT2D eigenvalue weighted by Crippen LogP contribution is -2.27. The molecular weight excluding hydrogens is 296 g/mol. The highest BCUT2D eigenvalue weighted by atomic mass is 16.7. The summed E-state index contributed by atoms with van der Waals surface area (Å²) in [5.74, 6) is -1.03. The molecule has 0 aromatic heterocycles. The number of epoxide rings is 1. The van der Waals surface area contributed by atoms with Gasteiger partial charge in [-0.15, -0.1) is 0 Å². The van der Waals surface area contributed by atoms with Gasteiger partial charge in [0, 0.05) is 6.08 Å². The third kappa shape index (κ3) is 4.29. The summed E-state index contributed by atoms with van der Waals surface area (Å²) in [7, 11) is 0. The van der Waals surface area contributed by atoms with Crippen molar-refractivity contribution in [2.24, 2.45) is 0 Å². The second-order valence-corrected chi connectivity index (χ2v) is 4.91. The molecule has 2 atom stereocenters. The van der Waals surface area contributed by atoms with E-state index in [-0.39, 0.29) is 13.2 Å². The highest BCUT2D eigenvalue weighted by Gasteiger charge is 2.61. The summed E-state index contributed by atoms with van der Waals surface area (Å²) >= 11 is 0. The Kier molecular flexibility index (Phi) is 5.71. The largest absolute Gasteiger partial charge is 0.464 e. The van der Waals surface area contributed by atoms with Crippen molar-refractivity contribution in [3.8, 4) is 0 Å². The molecule has 1 aliphatic heterocycles. The number of hydrogen-bond acceptors (Lipinski definition) is 5. The minimum absolute atomic E-state index is 0.242. The Bertz CT molecular complexity index is 605. The van der Waals surface area contributed by atoms with E-state index >= 15 is 0 Å². The maximum atomic E-state index is 12.1. The molecule has 0 bridgehead atoms. The molecule has 5 heteroatoms. The van der Waals surface area contributed by atoms with Gasteiger partial charge in [-0.25, -0.2) is 9.59 Å². The van der Waals surface area contributed by atoms with Crippen molar-refractivity contribution in [3.63, 3.8) is 0 Å². The molecule has 1 aromatic carbocycles. The summed E-state index contributed by atoms with van der Waals surface area (Å²) in [6.45, 7) is 3.95. The van der Waals surface area contributed by atoms with E-state index in [2.05, 4.69) is 0 Å². The molecule has 0 amide bonds. The number of hydrogen-bond donors (Lipinski definition) is 0. The zero-order valence-electron chi connectivity index (χ0n) is 13.2. The lowest BCUT2D eigenvalue weighted by atomic mass is 10.0. The minimum Gasteiger partial charge on any atom is -0.464 e. The van der Waals surface area contributed by atoms with Crippen LogP contribution in [0.25, 0.3) is 6.08 Å². The van der Waals surface area contributed by atoms with Gasteiger partial charge in [0.2, 0.25) is 5.60 Å². The van der Waals surface area contributed by atoms with Crippen molar-refractivity contribution in [3.05, 3.63) is 54.1 Å². The van der Waals surface area contributed by atoms with Crippen LogP contribution in [-0.2, 0) is 23.8 Å². The van der Waals surface area contributed by atoms with Gasteiger partial charge in [0.05, 0.1) is 13.2 Å². The predicted octanol–water partition coefficient (Wildman–Crippen LogP) is 2.52. The molecule has 1 heterocycles. The Hall–Kier alpha value is -2.40. The van der Waals surface area contributed by atoms with E-state index in [0.29, 0.717) is 0 Å². The maximum absolute atomic E-state index is 12.1. The summed E-state index contributed by atoms with van der Waals surface area (Å²) < 4.78 is 15.4. The maximum Gasteiger partial charge on any atom is 0.345 e. The topological polar surface area (TPSA) is 65.1 Å². The monoisotopic (exact) mass is 316 g/mol. The molecule has 2 rings (SSSR count). The van der Waals surface area contributed by atoms with Gasteiger partial charge in [0.15, 0.2) is 0 Å². The first-order valence-corrected chi connectivity index (χ1v) is 7.56. The van der Waals surface area contributed by atoms with Crippen LogP contribution in [0.5, 0.6) is 0 Å². The molecule has 1 aliphatic rings. The number of carbonyl (C=O) groups is 2. The van der Waals surface area contributed by atoms with E-state index in [0.717, 1.165) is 5.56 Å². The molecule has 1 fully saturated rings. The minimum atomic E-state index is -1.24. The van der Waals surface area contributed by atoms with Crippen molar-refractivity contribution in [1.29, 1.82) is 0 Å². The summed E-state index contributed by atoms with van der Waals surface area (Å²) in [5.41, 5.74) is -0.247. The predicted molar refractivity (Wildman–Crippen MR) is 85.5 cm³/mol. The lowest BCUT2D eigenvalue weighted by Gasteiger charge is -2.06. The van der Waals surface area contributed by atoms with E-state index in [9.17, 15) is 9.59 Å². The molecule has 0 radical (unpaired) electrons. The molecule has 0 aliphatic carbocycles. The van der Waals surface area contributed by atoms with Crippen LogP contribution < -0.4 is 0 Å². The third-order valence-corrected chi connectivity index (χ3v) is 3.30. The van der Waals surface area contributed by atoms with Crippen molar-refractivity contribution >= 4 is 18.0 Å². The van der Waals surface area contributed by atoms with Crippen LogP contribution in [0, 0.1) is 0 Å². The van der Waals surface area contributed by atoms with E-state index in [1.165, 1.54) is 12.2 Å². The number of ether oxygens (including phenoxy) is 3. The van der Waals surface area contributed by atoms with Crippen LogP contribution >= 0.6 is 0 Å². The Morgan fingerprint density at radius 2 is 1.87 bits per heavy atom. The quantitative estimate of drug-likeness (QED) is 0.439. The molecule has 0 unspecified atom stereocenters. The number of rotatable bonds is 7.